The minimum absolute atomic E-state index is 0.155. The number of hydrogen-bond acceptors (Lipinski definition) is 6. The molecule has 0 radical (unpaired) electrons. The summed E-state index contributed by atoms with van der Waals surface area (Å²) in [5.74, 6) is -0.796. The van der Waals surface area contributed by atoms with E-state index < -0.39 is 17.9 Å². The van der Waals surface area contributed by atoms with Crippen LogP contribution in [0, 0.1) is 6.92 Å². The van der Waals surface area contributed by atoms with Gasteiger partial charge >= 0.3 is 5.97 Å². The summed E-state index contributed by atoms with van der Waals surface area (Å²) in [6.07, 6.45) is 4.68. The van der Waals surface area contributed by atoms with Crippen molar-refractivity contribution in [3.8, 4) is 11.1 Å². The Bertz CT molecular complexity index is 1380. The highest BCUT2D eigenvalue weighted by Crippen LogP contribution is 2.31. The highest BCUT2D eigenvalue weighted by atomic mass is 32.2. The van der Waals surface area contributed by atoms with Gasteiger partial charge in [0.25, 0.3) is 5.91 Å². The van der Waals surface area contributed by atoms with Crippen LogP contribution in [0.1, 0.15) is 44.5 Å². The minimum atomic E-state index is -1.03. The number of nitrogens with zero attached hydrogens (tertiary/aromatic N) is 1. The number of thioether (sulfide) groups is 1. The number of carboxylic acid groups (broad SMARTS) is 1. The number of aryl methyl sites for hydroxylation is 1. The van der Waals surface area contributed by atoms with E-state index >= 15 is 0 Å². The first kappa shape index (κ1) is 28.5. The number of carbonyl (C=O) groups excluding carboxylic acids is 1. The molecule has 0 fully saturated rings. The van der Waals surface area contributed by atoms with Crippen LogP contribution in [0.2, 0.25) is 0 Å². The molecule has 0 saturated carbocycles. The first-order chi connectivity index (χ1) is 19.0. The number of rotatable bonds is 13. The first-order valence-electron chi connectivity index (χ1n) is 12.7. The normalized spacial score (nSPS) is 12.6. The lowest BCUT2D eigenvalue weighted by Crippen LogP contribution is -2.41. The predicted octanol–water partition coefficient (Wildman–Crippen LogP) is 6.56. The summed E-state index contributed by atoms with van der Waals surface area (Å²) < 4.78 is 6.43. The van der Waals surface area contributed by atoms with Crippen molar-refractivity contribution in [3.63, 3.8) is 0 Å². The molecule has 0 saturated heterocycles. The molecule has 2 N–H and O–H groups in total. The van der Waals surface area contributed by atoms with Gasteiger partial charge in [-0.25, -0.2) is 4.79 Å². The molecule has 3 aromatic carbocycles. The second-order valence-electron chi connectivity index (χ2n) is 9.23. The summed E-state index contributed by atoms with van der Waals surface area (Å²) in [7, 11) is 0. The van der Waals surface area contributed by atoms with Gasteiger partial charge in [0.05, 0.1) is 23.1 Å². The monoisotopic (exact) mass is 560 g/mol. The van der Waals surface area contributed by atoms with E-state index in [0.29, 0.717) is 24.3 Å². The number of benzene rings is 3. The molecule has 4 rings (SSSR count). The fourth-order valence-corrected chi connectivity index (χ4v) is 5.50. The average molecular weight is 561 g/mol. The van der Waals surface area contributed by atoms with Crippen LogP contribution in [0.4, 0.5) is 0 Å². The van der Waals surface area contributed by atoms with Gasteiger partial charge in [0.1, 0.15) is 6.04 Å². The van der Waals surface area contributed by atoms with Crippen LogP contribution in [0.25, 0.3) is 11.1 Å². The summed E-state index contributed by atoms with van der Waals surface area (Å²) in [6.45, 7) is 2.35. The number of carbonyl (C=O) groups is 2. The molecule has 1 amide bonds. The van der Waals surface area contributed by atoms with E-state index in [1.807, 2.05) is 79.5 Å². The molecule has 4 aromatic rings. The third-order valence-electron chi connectivity index (χ3n) is 6.46. The zero-order valence-electron chi connectivity index (χ0n) is 22.0. The molecule has 0 aliphatic heterocycles. The first-order valence-corrected chi connectivity index (χ1v) is 15.0. The van der Waals surface area contributed by atoms with Crippen LogP contribution in [0.3, 0.4) is 0 Å². The van der Waals surface area contributed by atoms with Crippen molar-refractivity contribution in [1.29, 1.82) is 0 Å². The lowest BCUT2D eigenvalue weighted by Gasteiger charge is -2.19. The van der Waals surface area contributed by atoms with Gasteiger partial charge in [-0.2, -0.15) is 11.8 Å². The summed E-state index contributed by atoms with van der Waals surface area (Å²) in [5.41, 5.74) is 7.04. The Labute approximate surface area is 237 Å². The van der Waals surface area contributed by atoms with Gasteiger partial charge in [-0.15, -0.1) is 11.3 Å². The standard InChI is InChI=1S/C31H32N2O4S2/c1-21-8-6-7-11-24(21)26-16-23(12-13-25(26)30(34)33-27(31(35)36)14-15-38-2)19-37-28(29-18-32-20-39-29)17-22-9-4-3-5-10-22/h3-13,16,18,20,27-28H,14-15,17,19H2,1-2H3,(H,33,34)(H,35,36). The highest BCUT2D eigenvalue weighted by Gasteiger charge is 2.23. The molecule has 0 bridgehead atoms. The van der Waals surface area contributed by atoms with Crippen molar-refractivity contribution < 1.29 is 19.4 Å². The van der Waals surface area contributed by atoms with E-state index in [4.69, 9.17) is 4.74 Å². The quantitative estimate of drug-likeness (QED) is 0.193. The number of nitrogens with one attached hydrogen (secondary N) is 1. The second kappa shape index (κ2) is 14.1. The minimum Gasteiger partial charge on any atom is -0.480 e. The average Bonchev–Trinajstić information content (AvgIpc) is 3.49. The number of ether oxygens (including phenoxy) is 1. The topological polar surface area (TPSA) is 88.5 Å². The molecule has 6 nitrogen and oxygen atoms in total. The summed E-state index contributed by atoms with van der Waals surface area (Å²) in [5, 5.41) is 12.4. The Kier molecular flexibility index (Phi) is 10.3. The Morgan fingerprint density at radius 1 is 1.03 bits per heavy atom. The van der Waals surface area contributed by atoms with Crippen LogP contribution < -0.4 is 5.32 Å². The number of aromatic nitrogens is 1. The van der Waals surface area contributed by atoms with Gasteiger partial charge in [-0.1, -0.05) is 60.7 Å². The van der Waals surface area contributed by atoms with Crippen molar-refractivity contribution in [1.82, 2.24) is 10.3 Å². The zero-order chi connectivity index (χ0) is 27.6. The van der Waals surface area contributed by atoms with Gasteiger partial charge in [0.15, 0.2) is 0 Å². The molecule has 0 aliphatic carbocycles. The molecule has 8 heteroatoms. The van der Waals surface area contributed by atoms with E-state index in [0.717, 1.165) is 33.6 Å². The van der Waals surface area contributed by atoms with Crippen molar-refractivity contribution >= 4 is 35.0 Å². The Balaban J connectivity index is 1.61. The summed E-state index contributed by atoms with van der Waals surface area (Å²) in [6, 6.07) is 22.7. The number of thiazole rings is 1. The SMILES string of the molecule is CSCCC(NC(=O)c1ccc(COC(Cc2ccccc2)c2cncs2)cc1-c1ccccc1C)C(=O)O. The highest BCUT2D eigenvalue weighted by molar-refractivity contribution is 7.98. The molecule has 39 heavy (non-hydrogen) atoms. The molecule has 1 heterocycles. The molecular formula is C31H32N2O4S2. The van der Waals surface area contributed by atoms with E-state index in [1.54, 1.807) is 29.2 Å². The third kappa shape index (κ3) is 7.79. The summed E-state index contributed by atoms with van der Waals surface area (Å²) >= 11 is 3.12. The number of amides is 1. The van der Waals surface area contributed by atoms with Crippen LogP contribution in [-0.4, -0.2) is 40.0 Å². The van der Waals surface area contributed by atoms with Crippen LogP contribution in [-0.2, 0) is 22.6 Å². The smallest absolute Gasteiger partial charge is 0.326 e. The second-order valence-corrected chi connectivity index (χ2v) is 11.1. The molecular weight excluding hydrogens is 528 g/mol. The maximum atomic E-state index is 13.3. The maximum absolute atomic E-state index is 13.3. The van der Waals surface area contributed by atoms with Gasteiger partial charge in [-0.3, -0.25) is 9.78 Å². The van der Waals surface area contributed by atoms with E-state index in [9.17, 15) is 14.7 Å². The molecule has 202 valence electrons. The van der Waals surface area contributed by atoms with Gasteiger partial charge in [0, 0.05) is 18.2 Å². The van der Waals surface area contributed by atoms with Crippen LogP contribution in [0.15, 0.2) is 84.5 Å². The molecule has 2 atom stereocenters. The van der Waals surface area contributed by atoms with Crippen molar-refractivity contribution in [3.05, 3.63) is 112 Å². The lowest BCUT2D eigenvalue weighted by molar-refractivity contribution is -0.139. The summed E-state index contributed by atoms with van der Waals surface area (Å²) in [4.78, 5) is 30.4. The number of aliphatic carboxylic acids is 1. The van der Waals surface area contributed by atoms with E-state index in [1.165, 1.54) is 5.56 Å². The van der Waals surface area contributed by atoms with E-state index in [-0.39, 0.29) is 6.10 Å². The number of carboxylic acids is 1. The lowest BCUT2D eigenvalue weighted by atomic mass is 9.93. The molecule has 2 unspecified atom stereocenters. The van der Waals surface area contributed by atoms with Crippen LogP contribution >= 0.6 is 23.1 Å². The van der Waals surface area contributed by atoms with Crippen molar-refractivity contribution in [2.24, 2.45) is 0 Å². The Hall–Kier alpha value is -3.46. The van der Waals surface area contributed by atoms with Gasteiger partial charge in [-0.05, 0) is 65.3 Å². The fraction of sp³-hybridized carbons (Fsp3) is 0.258. The van der Waals surface area contributed by atoms with E-state index in [2.05, 4.69) is 22.4 Å². The maximum Gasteiger partial charge on any atom is 0.326 e. The zero-order valence-corrected chi connectivity index (χ0v) is 23.6. The predicted molar refractivity (Wildman–Crippen MR) is 158 cm³/mol. The number of hydrogen-bond donors (Lipinski definition) is 2. The van der Waals surface area contributed by atoms with Crippen LogP contribution in [0.5, 0.6) is 0 Å². The van der Waals surface area contributed by atoms with Crippen molar-refractivity contribution in [2.45, 2.75) is 38.5 Å². The largest absolute Gasteiger partial charge is 0.480 e. The molecule has 0 spiro atoms. The van der Waals surface area contributed by atoms with Gasteiger partial charge in [0.2, 0.25) is 0 Å². The van der Waals surface area contributed by atoms with Crippen molar-refractivity contribution in [2.75, 3.05) is 12.0 Å². The molecule has 1 aromatic heterocycles. The molecule has 0 aliphatic rings. The Morgan fingerprint density at radius 2 is 1.79 bits per heavy atom. The fourth-order valence-electron chi connectivity index (χ4n) is 4.36. The third-order valence-corrected chi connectivity index (χ3v) is 7.97. The Morgan fingerprint density at radius 3 is 2.49 bits per heavy atom. The van der Waals surface area contributed by atoms with Gasteiger partial charge < -0.3 is 15.2 Å².